The number of amides is 2. The second-order valence-corrected chi connectivity index (χ2v) is 12.0. The van der Waals surface area contributed by atoms with E-state index in [2.05, 4.69) is 15.8 Å². The molecule has 0 radical (unpaired) electrons. The molecule has 0 saturated carbocycles. The number of carbonyl (C=O) groups is 2. The summed E-state index contributed by atoms with van der Waals surface area (Å²) in [6.45, 7) is 6.89. The van der Waals surface area contributed by atoms with Crippen LogP contribution >= 0.6 is 0 Å². The van der Waals surface area contributed by atoms with Crippen LogP contribution in [0.3, 0.4) is 0 Å². The maximum absolute atomic E-state index is 13.6. The molecule has 2 aromatic rings. The van der Waals surface area contributed by atoms with Gasteiger partial charge in [-0.1, -0.05) is 75.3 Å². The third-order valence-corrected chi connectivity index (χ3v) is 7.85. The van der Waals surface area contributed by atoms with Gasteiger partial charge in [0.15, 0.2) is 0 Å². The van der Waals surface area contributed by atoms with Gasteiger partial charge in [-0.15, -0.1) is 0 Å². The largest absolute Gasteiger partial charge is 0.465 e. The third kappa shape index (κ3) is 9.65. The summed E-state index contributed by atoms with van der Waals surface area (Å²) < 4.78 is 28.3. The lowest BCUT2D eigenvalue weighted by atomic mass is 9.98. The van der Waals surface area contributed by atoms with Crippen molar-refractivity contribution in [3.8, 4) is 0 Å². The Labute approximate surface area is 229 Å². The highest BCUT2D eigenvalue weighted by Gasteiger charge is 2.33. The first-order valence-electron chi connectivity index (χ1n) is 12.6. The van der Waals surface area contributed by atoms with Crippen molar-refractivity contribution in [2.75, 3.05) is 13.1 Å². The van der Waals surface area contributed by atoms with Crippen LogP contribution in [0.5, 0.6) is 0 Å². The van der Waals surface area contributed by atoms with Crippen molar-refractivity contribution >= 4 is 28.2 Å². The first kappa shape index (κ1) is 31.7. The number of aliphatic hydroxyl groups excluding tert-OH is 1. The molecule has 0 aromatic heterocycles. The van der Waals surface area contributed by atoms with E-state index in [0.29, 0.717) is 5.56 Å². The molecule has 3 atom stereocenters. The van der Waals surface area contributed by atoms with Gasteiger partial charge < -0.3 is 26.1 Å². The minimum Gasteiger partial charge on any atom is -0.465 e. The van der Waals surface area contributed by atoms with Crippen molar-refractivity contribution in [3.05, 3.63) is 65.7 Å². The van der Waals surface area contributed by atoms with Crippen LogP contribution in [-0.4, -0.2) is 77.6 Å². The van der Waals surface area contributed by atoms with E-state index >= 15 is 0 Å². The first-order valence-corrected chi connectivity index (χ1v) is 14.1. The van der Waals surface area contributed by atoms with Gasteiger partial charge in [-0.05, 0) is 41.5 Å². The second-order valence-electron chi connectivity index (χ2n) is 10.1. The molecule has 0 bridgehead atoms. The minimum atomic E-state index is -4.04. The summed E-state index contributed by atoms with van der Waals surface area (Å²) in [6.07, 6.45) is -1.31. The van der Waals surface area contributed by atoms with E-state index in [4.69, 9.17) is 5.21 Å². The van der Waals surface area contributed by atoms with E-state index in [-0.39, 0.29) is 36.2 Å². The van der Waals surface area contributed by atoms with Gasteiger partial charge in [0.1, 0.15) is 6.04 Å². The smallest absolute Gasteiger partial charge is 0.405 e. The maximum atomic E-state index is 13.6. The Balaban J connectivity index is 2.37. The maximum Gasteiger partial charge on any atom is 0.405 e. The van der Waals surface area contributed by atoms with E-state index in [1.807, 2.05) is 44.2 Å². The number of nitrogens with zero attached hydrogens (tertiary/aromatic N) is 2. The first-order chi connectivity index (χ1) is 18.3. The monoisotopic (exact) mass is 562 g/mol. The summed E-state index contributed by atoms with van der Waals surface area (Å²) in [6, 6.07) is 12.9. The van der Waals surface area contributed by atoms with Crippen LogP contribution in [0.1, 0.15) is 38.8 Å². The van der Waals surface area contributed by atoms with Crippen LogP contribution in [0.2, 0.25) is 0 Å². The average Bonchev–Trinajstić information content (AvgIpc) is 2.87. The molecule has 0 saturated heterocycles. The fraction of sp³-hybridized carbons (Fsp3) is 0.444. The van der Waals surface area contributed by atoms with Crippen molar-refractivity contribution in [1.82, 2.24) is 14.9 Å². The molecule has 2 rings (SSSR count). The molecule has 2 aromatic carbocycles. The zero-order valence-corrected chi connectivity index (χ0v) is 23.4. The van der Waals surface area contributed by atoms with E-state index in [1.54, 1.807) is 13.8 Å². The molecule has 0 spiro atoms. The Morgan fingerprint density at radius 3 is 2.10 bits per heavy atom. The standard InChI is InChI=1S/C27H38N4O7S/c1-18(2)16-31(39(37,38)22-12-10-21(11-13-22)15-28-36)17-24(32)23(14-20-8-6-5-7-9-20)29-26(33)25(19(3)4)30-27(34)35/h5-13,15,18-19,23-25,30,32,36H,14,16-17H2,1-4H3,(H,29,33)(H,34,35)/t23-,24-,25-/m0/s1. The van der Waals surface area contributed by atoms with Crippen LogP contribution < -0.4 is 10.6 Å². The Bertz CT molecular complexity index is 1200. The summed E-state index contributed by atoms with van der Waals surface area (Å²) in [7, 11) is -4.04. The molecule has 5 N–H and O–H groups in total. The van der Waals surface area contributed by atoms with Crippen LogP contribution in [0.15, 0.2) is 64.6 Å². The Hall–Kier alpha value is -3.48. The van der Waals surface area contributed by atoms with E-state index in [1.165, 1.54) is 34.8 Å². The predicted molar refractivity (Wildman–Crippen MR) is 147 cm³/mol. The van der Waals surface area contributed by atoms with Crippen LogP contribution in [0.4, 0.5) is 4.79 Å². The van der Waals surface area contributed by atoms with Gasteiger partial charge in [-0.25, -0.2) is 13.2 Å². The van der Waals surface area contributed by atoms with E-state index in [9.17, 15) is 28.2 Å². The number of oxime groups is 1. The molecule has 0 fully saturated rings. The molecule has 0 heterocycles. The number of hydrogen-bond donors (Lipinski definition) is 5. The van der Waals surface area contributed by atoms with Crippen LogP contribution in [0.25, 0.3) is 0 Å². The molecule has 0 aliphatic heterocycles. The summed E-state index contributed by atoms with van der Waals surface area (Å²) in [4.78, 5) is 24.3. The number of rotatable bonds is 14. The molecule has 0 aliphatic carbocycles. The van der Waals surface area contributed by atoms with Crippen molar-refractivity contribution in [3.63, 3.8) is 0 Å². The highest BCUT2D eigenvalue weighted by atomic mass is 32.2. The lowest BCUT2D eigenvalue weighted by Crippen LogP contribution is -2.56. The lowest BCUT2D eigenvalue weighted by molar-refractivity contribution is -0.125. The summed E-state index contributed by atoms with van der Waals surface area (Å²) in [5.41, 5.74) is 1.31. The van der Waals surface area contributed by atoms with Crippen LogP contribution in [0, 0.1) is 11.8 Å². The van der Waals surface area contributed by atoms with Crippen LogP contribution in [-0.2, 0) is 21.2 Å². The van der Waals surface area contributed by atoms with Crippen molar-refractivity contribution < 1.29 is 33.4 Å². The fourth-order valence-corrected chi connectivity index (χ4v) is 5.67. The molecular formula is C27H38N4O7S. The molecule has 214 valence electrons. The predicted octanol–water partition coefficient (Wildman–Crippen LogP) is 2.52. The molecule has 12 heteroatoms. The van der Waals surface area contributed by atoms with Gasteiger partial charge in [-0.3, -0.25) is 4.79 Å². The number of carboxylic acid groups (broad SMARTS) is 1. The van der Waals surface area contributed by atoms with Gasteiger partial charge >= 0.3 is 6.09 Å². The zero-order valence-electron chi connectivity index (χ0n) is 22.6. The van der Waals surface area contributed by atoms with Crippen molar-refractivity contribution in [2.24, 2.45) is 17.0 Å². The minimum absolute atomic E-state index is 0.000357. The number of benzene rings is 2. The number of carbonyl (C=O) groups excluding carboxylic acids is 1. The average molecular weight is 563 g/mol. The molecule has 11 nitrogen and oxygen atoms in total. The number of nitrogens with one attached hydrogen (secondary N) is 2. The highest BCUT2D eigenvalue weighted by molar-refractivity contribution is 7.89. The Morgan fingerprint density at radius 2 is 1.59 bits per heavy atom. The van der Waals surface area contributed by atoms with Crippen molar-refractivity contribution in [1.29, 1.82) is 0 Å². The normalized spacial score (nSPS) is 14.5. The van der Waals surface area contributed by atoms with Gasteiger partial charge in [0.2, 0.25) is 15.9 Å². The molecule has 0 aliphatic rings. The summed E-state index contributed by atoms with van der Waals surface area (Å²) in [5.74, 6) is -1.06. The van der Waals surface area contributed by atoms with E-state index in [0.717, 1.165) is 5.56 Å². The fourth-order valence-electron chi connectivity index (χ4n) is 4.05. The summed E-state index contributed by atoms with van der Waals surface area (Å²) in [5, 5.41) is 37.1. The van der Waals surface area contributed by atoms with Gasteiger partial charge in [-0.2, -0.15) is 4.31 Å². The van der Waals surface area contributed by atoms with Gasteiger partial charge in [0.25, 0.3) is 0 Å². The number of aliphatic hydroxyl groups is 1. The Morgan fingerprint density at radius 1 is 0.974 bits per heavy atom. The van der Waals surface area contributed by atoms with Gasteiger partial charge in [0, 0.05) is 13.1 Å². The van der Waals surface area contributed by atoms with Crippen molar-refractivity contribution in [2.45, 2.75) is 57.2 Å². The molecule has 2 amide bonds. The zero-order chi connectivity index (χ0) is 29.2. The lowest BCUT2D eigenvalue weighted by Gasteiger charge is -2.32. The second kappa shape index (κ2) is 14.6. The van der Waals surface area contributed by atoms with E-state index < -0.39 is 40.2 Å². The summed E-state index contributed by atoms with van der Waals surface area (Å²) >= 11 is 0. The highest BCUT2D eigenvalue weighted by Crippen LogP contribution is 2.20. The molecule has 0 unspecified atom stereocenters. The topological polar surface area (TPSA) is 169 Å². The Kier molecular flexibility index (Phi) is 11.9. The molecular weight excluding hydrogens is 524 g/mol. The quantitative estimate of drug-likeness (QED) is 0.134. The third-order valence-electron chi connectivity index (χ3n) is 6.00. The number of hydrogen-bond acceptors (Lipinski definition) is 7. The number of sulfonamides is 1. The molecule has 39 heavy (non-hydrogen) atoms. The van der Waals surface area contributed by atoms with Gasteiger partial charge in [0.05, 0.1) is 23.3 Å². The SMILES string of the molecule is CC(C)CN(C[C@H](O)[C@H](Cc1ccccc1)NC(=O)[C@@H](NC(=O)O)C(C)C)S(=O)(=O)c1ccc(C=NO)cc1.